The second-order valence-electron chi connectivity index (χ2n) is 4.51. The third-order valence-electron chi connectivity index (χ3n) is 2.63. The number of nitrogens with one attached hydrogen (secondary N) is 1. The molecule has 1 aromatic heterocycles. The number of rotatable bonds is 6. The van der Waals surface area contributed by atoms with Crippen LogP contribution in [0, 0.1) is 6.92 Å². The van der Waals surface area contributed by atoms with Crippen LogP contribution < -0.4 is 15.2 Å². The van der Waals surface area contributed by atoms with Crippen molar-refractivity contribution < 1.29 is 13.2 Å². The van der Waals surface area contributed by atoms with Crippen molar-refractivity contribution in [2.75, 3.05) is 22.8 Å². The molecule has 0 saturated carbocycles. The Morgan fingerprint density at radius 2 is 2.00 bits per heavy atom. The summed E-state index contributed by atoms with van der Waals surface area (Å²) in [5, 5.41) is 0. The van der Waals surface area contributed by atoms with Crippen LogP contribution >= 0.6 is 0 Å². The topological polar surface area (TPSA) is 94.3 Å². The Kier molecular flexibility index (Phi) is 4.64. The molecule has 6 nitrogen and oxygen atoms in total. The van der Waals surface area contributed by atoms with Gasteiger partial charge in [0.25, 0.3) is 0 Å². The third-order valence-corrected chi connectivity index (χ3v) is 3.85. The minimum absolute atomic E-state index is 0.0323. The highest BCUT2D eigenvalue weighted by atomic mass is 32.2. The van der Waals surface area contributed by atoms with Gasteiger partial charge in [-0.15, -0.1) is 0 Å². The summed E-state index contributed by atoms with van der Waals surface area (Å²) in [4.78, 5) is 4.09. The summed E-state index contributed by atoms with van der Waals surface area (Å²) in [6.07, 6.45) is 0. The van der Waals surface area contributed by atoms with Gasteiger partial charge in [0.2, 0.25) is 10.0 Å². The normalized spacial score (nSPS) is 11.1. The van der Waals surface area contributed by atoms with Crippen molar-refractivity contribution in [3.05, 3.63) is 48.2 Å². The molecule has 0 atom stereocenters. The fourth-order valence-electron chi connectivity index (χ4n) is 1.68. The van der Waals surface area contributed by atoms with E-state index in [0.717, 1.165) is 5.69 Å². The van der Waals surface area contributed by atoms with E-state index in [2.05, 4.69) is 9.71 Å². The fourth-order valence-corrected chi connectivity index (χ4v) is 2.52. The van der Waals surface area contributed by atoms with Gasteiger partial charge in [-0.05, 0) is 31.2 Å². The molecule has 3 N–H and O–H groups in total. The molecule has 0 fully saturated rings. The molecule has 2 rings (SSSR count). The highest BCUT2D eigenvalue weighted by Gasteiger charge is 2.11. The van der Waals surface area contributed by atoms with Crippen LogP contribution in [-0.2, 0) is 10.0 Å². The number of aryl methyl sites for hydroxylation is 1. The van der Waals surface area contributed by atoms with E-state index in [0.29, 0.717) is 17.3 Å². The maximum absolute atomic E-state index is 11.9. The summed E-state index contributed by atoms with van der Waals surface area (Å²) in [5.74, 6) is 0.676. The quantitative estimate of drug-likeness (QED) is 0.793. The summed E-state index contributed by atoms with van der Waals surface area (Å²) >= 11 is 0. The molecule has 21 heavy (non-hydrogen) atoms. The van der Waals surface area contributed by atoms with E-state index in [1.165, 1.54) is 0 Å². The monoisotopic (exact) mass is 307 g/mol. The summed E-state index contributed by atoms with van der Waals surface area (Å²) in [7, 11) is -3.50. The van der Waals surface area contributed by atoms with Gasteiger partial charge in [-0.3, -0.25) is 4.72 Å². The molecule has 0 amide bonds. The molecule has 0 bridgehead atoms. The maximum Gasteiger partial charge on any atom is 0.237 e. The van der Waals surface area contributed by atoms with Crippen molar-refractivity contribution in [1.82, 2.24) is 4.98 Å². The lowest BCUT2D eigenvalue weighted by Gasteiger charge is -2.09. The Labute approximate surface area is 124 Å². The predicted octanol–water partition coefficient (Wildman–Crippen LogP) is 1.79. The molecule has 7 heteroatoms. The van der Waals surface area contributed by atoms with Gasteiger partial charge < -0.3 is 10.5 Å². The highest BCUT2D eigenvalue weighted by Crippen LogP contribution is 2.14. The second kappa shape index (κ2) is 6.45. The number of pyridine rings is 1. The van der Waals surface area contributed by atoms with E-state index in [-0.39, 0.29) is 12.4 Å². The molecule has 2 aromatic rings. The minimum atomic E-state index is -3.50. The highest BCUT2D eigenvalue weighted by molar-refractivity contribution is 7.92. The largest absolute Gasteiger partial charge is 0.492 e. The van der Waals surface area contributed by atoms with Crippen LogP contribution in [-0.4, -0.2) is 25.8 Å². The smallest absolute Gasteiger partial charge is 0.237 e. The van der Waals surface area contributed by atoms with Crippen molar-refractivity contribution in [3.8, 4) is 5.75 Å². The van der Waals surface area contributed by atoms with Crippen LogP contribution in [0.5, 0.6) is 5.75 Å². The lowest BCUT2D eigenvalue weighted by molar-refractivity contribution is 0.341. The Balaban J connectivity index is 1.90. The van der Waals surface area contributed by atoms with Gasteiger partial charge in [0, 0.05) is 17.4 Å². The first kappa shape index (κ1) is 15.1. The van der Waals surface area contributed by atoms with Crippen LogP contribution in [0.3, 0.4) is 0 Å². The standard InChI is InChI=1S/C14H17N3O3S/c1-11-4-2-7-14(16-11)17-21(18,19)9-8-20-13-6-3-5-12(15)10-13/h2-7,10H,8-9,15H2,1H3,(H,16,17). The Morgan fingerprint density at radius 1 is 1.24 bits per heavy atom. The number of benzene rings is 1. The zero-order valence-electron chi connectivity index (χ0n) is 11.6. The van der Waals surface area contributed by atoms with E-state index in [1.54, 1.807) is 49.4 Å². The van der Waals surface area contributed by atoms with Gasteiger partial charge in [-0.1, -0.05) is 12.1 Å². The lowest BCUT2D eigenvalue weighted by Crippen LogP contribution is -2.21. The minimum Gasteiger partial charge on any atom is -0.492 e. The maximum atomic E-state index is 11.9. The van der Waals surface area contributed by atoms with Gasteiger partial charge in [-0.2, -0.15) is 0 Å². The molecule has 1 heterocycles. The lowest BCUT2D eigenvalue weighted by atomic mass is 10.3. The number of nitrogen functional groups attached to an aromatic ring is 1. The van der Waals surface area contributed by atoms with Gasteiger partial charge >= 0.3 is 0 Å². The van der Waals surface area contributed by atoms with E-state index in [1.807, 2.05) is 0 Å². The van der Waals surface area contributed by atoms with Gasteiger partial charge in [0.05, 0.1) is 0 Å². The SMILES string of the molecule is Cc1cccc(NS(=O)(=O)CCOc2cccc(N)c2)n1. The molecule has 0 aliphatic heterocycles. The van der Waals surface area contributed by atoms with Crippen molar-refractivity contribution in [1.29, 1.82) is 0 Å². The summed E-state index contributed by atoms with van der Waals surface area (Å²) < 4.78 is 31.6. The first-order chi connectivity index (χ1) is 9.94. The summed E-state index contributed by atoms with van der Waals surface area (Å²) in [5.41, 5.74) is 6.92. The number of sulfonamides is 1. The van der Waals surface area contributed by atoms with Crippen LogP contribution in [0.25, 0.3) is 0 Å². The Hall–Kier alpha value is -2.28. The van der Waals surface area contributed by atoms with Crippen LogP contribution in [0.15, 0.2) is 42.5 Å². The number of aromatic nitrogens is 1. The molecular formula is C14H17N3O3S. The van der Waals surface area contributed by atoms with Gasteiger partial charge in [-0.25, -0.2) is 13.4 Å². The molecule has 0 saturated heterocycles. The molecular weight excluding hydrogens is 290 g/mol. The van der Waals surface area contributed by atoms with Crippen LogP contribution in [0.1, 0.15) is 5.69 Å². The second-order valence-corrected chi connectivity index (χ2v) is 6.35. The number of ether oxygens (including phenoxy) is 1. The van der Waals surface area contributed by atoms with Crippen molar-refractivity contribution in [2.24, 2.45) is 0 Å². The van der Waals surface area contributed by atoms with Gasteiger partial charge in [0.15, 0.2) is 0 Å². The molecule has 1 aromatic carbocycles. The number of nitrogens with zero attached hydrogens (tertiary/aromatic N) is 1. The molecule has 0 aliphatic carbocycles. The van der Waals surface area contributed by atoms with E-state index in [9.17, 15) is 8.42 Å². The third kappa shape index (κ3) is 4.96. The van der Waals surface area contributed by atoms with E-state index >= 15 is 0 Å². The fraction of sp³-hybridized carbons (Fsp3) is 0.214. The molecule has 0 spiro atoms. The zero-order valence-corrected chi connectivity index (χ0v) is 12.4. The summed E-state index contributed by atoms with van der Waals surface area (Å²) in [6, 6.07) is 12.0. The Morgan fingerprint density at radius 3 is 2.71 bits per heavy atom. The number of hydrogen-bond acceptors (Lipinski definition) is 5. The first-order valence-corrected chi connectivity index (χ1v) is 8.02. The summed E-state index contributed by atoms with van der Waals surface area (Å²) in [6.45, 7) is 1.82. The van der Waals surface area contributed by atoms with Crippen molar-refractivity contribution in [3.63, 3.8) is 0 Å². The zero-order chi connectivity index (χ0) is 15.3. The molecule has 0 radical (unpaired) electrons. The number of hydrogen-bond donors (Lipinski definition) is 2. The van der Waals surface area contributed by atoms with Crippen molar-refractivity contribution >= 4 is 21.5 Å². The van der Waals surface area contributed by atoms with Crippen molar-refractivity contribution in [2.45, 2.75) is 6.92 Å². The molecule has 0 unspecified atom stereocenters. The van der Waals surface area contributed by atoms with E-state index in [4.69, 9.17) is 10.5 Å². The average molecular weight is 307 g/mol. The molecule has 0 aliphatic rings. The van der Waals surface area contributed by atoms with E-state index < -0.39 is 10.0 Å². The number of anilines is 2. The van der Waals surface area contributed by atoms with Gasteiger partial charge in [0.1, 0.15) is 23.9 Å². The first-order valence-electron chi connectivity index (χ1n) is 6.37. The Bertz CT molecular complexity index is 717. The predicted molar refractivity (Wildman–Crippen MR) is 82.7 cm³/mol. The van der Waals surface area contributed by atoms with Crippen LogP contribution in [0.4, 0.5) is 11.5 Å². The molecule has 112 valence electrons. The van der Waals surface area contributed by atoms with Crippen LogP contribution in [0.2, 0.25) is 0 Å². The average Bonchev–Trinajstić information content (AvgIpc) is 2.38. The number of nitrogens with two attached hydrogens (primary N) is 1.